The van der Waals surface area contributed by atoms with Gasteiger partial charge in [-0.15, -0.1) is 0 Å². The number of rotatable bonds is 5. The summed E-state index contributed by atoms with van der Waals surface area (Å²) in [5.41, 5.74) is 2.55. The number of Topliss-reactive ketones (excluding diaryl/α,β-unsaturated/α-hetero) is 1. The second-order valence-electron chi connectivity index (χ2n) is 4.35. The van der Waals surface area contributed by atoms with Crippen molar-refractivity contribution in [3.8, 4) is 5.75 Å². The van der Waals surface area contributed by atoms with Crippen molar-refractivity contribution in [2.24, 2.45) is 0 Å². The smallest absolute Gasteiger partial charge is 0.169 e. The minimum absolute atomic E-state index is 0.130. The van der Waals surface area contributed by atoms with Crippen LogP contribution in [0, 0.1) is 6.92 Å². The average molecular weight is 220 g/mol. The molecule has 0 spiro atoms. The third kappa shape index (κ3) is 3.37. The Bertz CT molecular complexity index is 367. The molecule has 0 aliphatic carbocycles. The molecule has 0 fully saturated rings. The Morgan fingerprint density at radius 1 is 1.38 bits per heavy atom. The fourth-order valence-corrected chi connectivity index (χ4v) is 1.65. The van der Waals surface area contributed by atoms with E-state index >= 15 is 0 Å². The molecule has 0 radical (unpaired) electrons. The van der Waals surface area contributed by atoms with Crippen LogP contribution in [0.5, 0.6) is 5.75 Å². The molecular formula is C14H20O2. The van der Waals surface area contributed by atoms with E-state index in [9.17, 15) is 4.79 Å². The molecule has 0 aromatic heterocycles. The Hall–Kier alpha value is -1.31. The number of ketones is 1. The van der Waals surface area contributed by atoms with Gasteiger partial charge in [-0.3, -0.25) is 4.79 Å². The van der Waals surface area contributed by atoms with Crippen LogP contribution in [-0.2, 0) is 4.79 Å². The number of carbonyl (C=O) groups is 1. The number of aryl methyl sites for hydroxylation is 1. The standard InChI is InChI=1S/C14H20O2/c1-5-12(15)9-16-13-6-7-14(10(2)3)11(4)8-13/h6-8,10H,5,9H2,1-4H3. The zero-order valence-corrected chi connectivity index (χ0v) is 10.5. The van der Waals surface area contributed by atoms with Gasteiger partial charge in [0.25, 0.3) is 0 Å². The normalized spacial score (nSPS) is 10.6. The monoisotopic (exact) mass is 220 g/mol. The lowest BCUT2D eigenvalue weighted by atomic mass is 9.98. The SMILES string of the molecule is CCC(=O)COc1ccc(C(C)C)c(C)c1. The number of hydrogen-bond acceptors (Lipinski definition) is 2. The first-order valence-electron chi connectivity index (χ1n) is 5.79. The molecule has 0 amide bonds. The van der Waals surface area contributed by atoms with Gasteiger partial charge in [0.15, 0.2) is 5.78 Å². The van der Waals surface area contributed by atoms with Gasteiger partial charge in [0, 0.05) is 6.42 Å². The molecule has 0 bridgehead atoms. The Labute approximate surface area is 97.6 Å². The Kier molecular flexibility index (Phi) is 4.53. The average Bonchev–Trinajstić information content (AvgIpc) is 2.25. The van der Waals surface area contributed by atoms with Crippen LogP contribution in [0.1, 0.15) is 44.2 Å². The molecule has 0 saturated heterocycles. The first-order chi connectivity index (χ1) is 7.54. The molecule has 0 heterocycles. The summed E-state index contributed by atoms with van der Waals surface area (Å²) < 4.78 is 5.42. The lowest BCUT2D eigenvalue weighted by Gasteiger charge is -2.11. The van der Waals surface area contributed by atoms with Gasteiger partial charge in [-0.2, -0.15) is 0 Å². The van der Waals surface area contributed by atoms with E-state index in [1.807, 2.05) is 19.1 Å². The molecule has 88 valence electrons. The van der Waals surface area contributed by atoms with Gasteiger partial charge in [-0.05, 0) is 36.1 Å². The first kappa shape index (κ1) is 12.8. The zero-order valence-electron chi connectivity index (χ0n) is 10.5. The summed E-state index contributed by atoms with van der Waals surface area (Å²) in [7, 11) is 0. The summed E-state index contributed by atoms with van der Waals surface area (Å²) in [5.74, 6) is 1.43. The number of benzene rings is 1. The first-order valence-corrected chi connectivity index (χ1v) is 5.79. The molecule has 1 aromatic rings. The van der Waals surface area contributed by atoms with Crippen molar-refractivity contribution in [3.63, 3.8) is 0 Å². The maximum Gasteiger partial charge on any atom is 0.169 e. The maximum atomic E-state index is 11.1. The quantitative estimate of drug-likeness (QED) is 0.759. The van der Waals surface area contributed by atoms with Crippen LogP contribution >= 0.6 is 0 Å². The van der Waals surface area contributed by atoms with Crippen LogP contribution in [0.25, 0.3) is 0 Å². The minimum atomic E-state index is 0.130. The van der Waals surface area contributed by atoms with Gasteiger partial charge in [-0.25, -0.2) is 0 Å². The maximum absolute atomic E-state index is 11.1. The second kappa shape index (κ2) is 5.69. The van der Waals surface area contributed by atoms with Gasteiger partial charge < -0.3 is 4.74 Å². The number of carbonyl (C=O) groups excluding carboxylic acids is 1. The van der Waals surface area contributed by atoms with Gasteiger partial charge in [-0.1, -0.05) is 26.8 Å². The van der Waals surface area contributed by atoms with Crippen LogP contribution in [0.2, 0.25) is 0 Å². The van der Waals surface area contributed by atoms with Crippen molar-refractivity contribution in [1.29, 1.82) is 0 Å². The van der Waals surface area contributed by atoms with Crippen LogP contribution in [0.15, 0.2) is 18.2 Å². The van der Waals surface area contributed by atoms with Crippen molar-refractivity contribution in [2.75, 3.05) is 6.61 Å². The van der Waals surface area contributed by atoms with Gasteiger partial charge in [0.2, 0.25) is 0 Å². The van der Waals surface area contributed by atoms with Crippen molar-refractivity contribution in [3.05, 3.63) is 29.3 Å². The van der Waals surface area contributed by atoms with Gasteiger partial charge in [0.05, 0.1) is 0 Å². The number of ether oxygens (including phenoxy) is 1. The van der Waals surface area contributed by atoms with E-state index in [0.717, 1.165) is 5.75 Å². The predicted octanol–water partition coefficient (Wildman–Crippen LogP) is 3.48. The van der Waals surface area contributed by atoms with E-state index in [-0.39, 0.29) is 12.4 Å². The van der Waals surface area contributed by atoms with E-state index in [4.69, 9.17) is 4.74 Å². The Morgan fingerprint density at radius 2 is 2.06 bits per heavy atom. The molecule has 0 saturated carbocycles. The molecule has 0 aliphatic rings. The third-order valence-electron chi connectivity index (χ3n) is 2.66. The Balaban J connectivity index is 2.70. The van der Waals surface area contributed by atoms with E-state index in [1.54, 1.807) is 0 Å². The lowest BCUT2D eigenvalue weighted by molar-refractivity contribution is -0.120. The molecular weight excluding hydrogens is 200 g/mol. The van der Waals surface area contributed by atoms with E-state index in [1.165, 1.54) is 11.1 Å². The van der Waals surface area contributed by atoms with Crippen LogP contribution in [0.4, 0.5) is 0 Å². The summed E-state index contributed by atoms with van der Waals surface area (Å²) >= 11 is 0. The van der Waals surface area contributed by atoms with Crippen molar-refractivity contribution in [1.82, 2.24) is 0 Å². The summed E-state index contributed by atoms with van der Waals surface area (Å²) in [6.45, 7) is 8.44. The zero-order chi connectivity index (χ0) is 12.1. The highest BCUT2D eigenvalue weighted by Crippen LogP contribution is 2.23. The molecule has 16 heavy (non-hydrogen) atoms. The summed E-state index contributed by atoms with van der Waals surface area (Å²) in [5, 5.41) is 0. The molecule has 0 atom stereocenters. The van der Waals surface area contributed by atoms with Crippen molar-refractivity contribution in [2.45, 2.75) is 40.0 Å². The Morgan fingerprint density at radius 3 is 2.56 bits per heavy atom. The van der Waals surface area contributed by atoms with E-state index < -0.39 is 0 Å². The van der Waals surface area contributed by atoms with E-state index in [2.05, 4.69) is 26.8 Å². The van der Waals surface area contributed by atoms with Gasteiger partial charge >= 0.3 is 0 Å². The highest BCUT2D eigenvalue weighted by atomic mass is 16.5. The third-order valence-corrected chi connectivity index (χ3v) is 2.66. The topological polar surface area (TPSA) is 26.3 Å². The number of hydrogen-bond donors (Lipinski definition) is 0. The largest absolute Gasteiger partial charge is 0.486 e. The molecule has 1 aromatic carbocycles. The molecule has 0 N–H and O–H groups in total. The van der Waals surface area contributed by atoms with Crippen LogP contribution in [0.3, 0.4) is 0 Å². The molecule has 1 rings (SSSR count). The fraction of sp³-hybridized carbons (Fsp3) is 0.500. The van der Waals surface area contributed by atoms with Crippen molar-refractivity contribution < 1.29 is 9.53 Å². The molecule has 0 unspecified atom stereocenters. The molecule has 2 heteroatoms. The van der Waals surface area contributed by atoms with Crippen LogP contribution < -0.4 is 4.74 Å². The summed E-state index contributed by atoms with van der Waals surface area (Å²) in [4.78, 5) is 11.1. The van der Waals surface area contributed by atoms with E-state index in [0.29, 0.717) is 12.3 Å². The molecule has 0 aliphatic heterocycles. The van der Waals surface area contributed by atoms with Crippen molar-refractivity contribution >= 4 is 5.78 Å². The molecule has 2 nitrogen and oxygen atoms in total. The summed E-state index contributed by atoms with van der Waals surface area (Å²) in [6.07, 6.45) is 0.531. The lowest BCUT2D eigenvalue weighted by Crippen LogP contribution is -2.09. The predicted molar refractivity (Wildman–Crippen MR) is 66.1 cm³/mol. The highest BCUT2D eigenvalue weighted by molar-refractivity contribution is 5.79. The van der Waals surface area contributed by atoms with Crippen LogP contribution in [-0.4, -0.2) is 12.4 Å². The highest BCUT2D eigenvalue weighted by Gasteiger charge is 2.05. The summed E-state index contributed by atoms with van der Waals surface area (Å²) in [6, 6.07) is 6.01. The fourth-order valence-electron chi connectivity index (χ4n) is 1.65. The van der Waals surface area contributed by atoms with Gasteiger partial charge in [0.1, 0.15) is 12.4 Å². The second-order valence-corrected chi connectivity index (χ2v) is 4.35. The minimum Gasteiger partial charge on any atom is -0.486 e.